The van der Waals surface area contributed by atoms with Crippen LogP contribution in [-0.2, 0) is 21.2 Å². The number of nitrogens with zero attached hydrogens (tertiary/aromatic N) is 1. The SMILES string of the molecule is CN(C(=O)[C@H](Cc1ccccc1)NC(=O)NS(=O)(=O)c1ccccc1)c1cccc(F)c1. The summed E-state index contributed by atoms with van der Waals surface area (Å²) in [7, 11) is -2.66. The lowest BCUT2D eigenvalue weighted by Gasteiger charge is -2.25. The molecule has 3 amide bonds. The van der Waals surface area contributed by atoms with Gasteiger partial charge in [0.15, 0.2) is 0 Å². The Hall–Kier alpha value is -3.72. The van der Waals surface area contributed by atoms with E-state index in [1.165, 1.54) is 54.4 Å². The fourth-order valence-corrected chi connectivity index (χ4v) is 4.00. The summed E-state index contributed by atoms with van der Waals surface area (Å²) in [6, 6.07) is 19.7. The summed E-state index contributed by atoms with van der Waals surface area (Å²) in [5.74, 6) is -1.05. The van der Waals surface area contributed by atoms with Crippen molar-refractivity contribution in [3.05, 3.63) is 96.3 Å². The number of nitrogens with one attached hydrogen (secondary N) is 2. The van der Waals surface area contributed by atoms with Crippen molar-refractivity contribution in [2.24, 2.45) is 0 Å². The number of hydrogen-bond acceptors (Lipinski definition) is 4. The maximum atomic E-state index is 13.6. The highest BCUT2D eigenvalue weighted by Gasteiger charge is 2.27. The van der Waals surface area contributed by atoms with E-state index in [0.29, 0.717) is 5.69 Å². The van der Waals surface area contributed by atoms with Crippen molar-refractivity contribution in [3.8, 4) is 0 Å². The third-order valence-corrected chi connectivity index (χ3v) is 6.04. The van der Waals surface area contributed by atoms with Crippen LogP contribution < -0.4 is 14.9 Å². The summed E-state index contributed by atoms with van der Waals surface area (Å²) in [4.78, 5) is 26.8. The molecule has 0 heterocycles. The number of carbonyl (C=O) groups is 2. The second-order valence-corrected chi connectivity index (χ2v) is 8.69. The van der Waals surface area contributed by atoms with Crippen LogP contribution in [0.4, 0.5) is 14.9 Å². The lowest BCUT2D eigenvalue weighted by atomic mass is 10.0. The Morgan fingerprint density at radius 2 is 1.56 bits per heavy atom. The van der Waals surface area contributed by atoms with Crippen LogP contribution in [0.25, 0.3) is 0 Å². The van der Waals surface area contributed by atoms with Gasteiger partial charge >= 0.3 is 6.03 Å². The van der Waals surface area contributed by atoms with Crippen LogP contribution in [0.3, 0.4) is 0 Å². The molecule has 3 rings (SSSR count). The summed E-state index contributed by atoms with van der Waals surface area (Å²) < 4.78 is 40.4. The van der Waals surface area contributed by atoms with E-state index in [2.05, 4.69) is 5.32 Å². The molecule has 0 radical (unpaired) electrons. The topological polar surface area (TPSA) is 95.6 Å². The second kappa shape index (κ2) is 10.1. The van der Waals surface area contributed by atoms with E-state index in [-0.39, 0.29) is 11.3 Å². The minimum absolute atomic E-state index is 0.0852. The zero-order chi connectivity index (χ0) is 23.1. The van der Waals surface area contributed by atoms with Gasteiger partial charge in [-0.3, -0.25) is 4.79 Å². The van der Waals surface area contributed by atoms with Crippen LogP contribution in [0, 0.1) is 5.82 Å². The normalized spacial score (nSPS) is 11.9. The summed E-state index contributed by atoms with van der Waals surface area (Å²) >= 11 is 0. The Balaban J connectivity index is 1.81. The number of hydrogen-bond donors (Lipinski definition) is 2. The third kappa shape index (κ3) is 5.92. The summed E-state index contributed by atoms with van der Waals surface area (Å²) in [5, 5.41) is 2.44. The Morgan fingerprint density at radius 1 is 0.938 bits per heavy atom. The van der Waals surface area contributed by atoms with Gasteiger partial charge in [0, 0.05) is 19.2 Å². The van der Waals surface area contributed by atoms with Crippen molar-refractivity contribution >= 4 is 27.6 Å². The lowest BCUT2D eigenvalue weighted by Crippen LogP contribution is -2.52. The molecular formula is C23H22FN3O4S. The van der Waals surface area contributed by atoms with Crippen LogP contribution in [0.2, 0.25) is 0 Å². The molecule has 32 heavy (non-hydrogen) atoms. The molecular weight excluding hydrogens is 433 g/mol. The van der Waals surface area contributed by atoms with Crippen molar-refractivity contribution in [3.63, 3.8) is 0 Å². The van der Waals surface area contributed by atoms with Gasteiger partial charge in [-0.25, -0.2) is 22.3 Å². The number of anilines is 1. The van der Waals surface area contributed by atoms with E-state index in [1.807, 2.05) is 10.8 Å². The molecule has 0 spiro atoms. The number of amides is 3. The molecule has 166 valence electrons. The first-order valence-electron chi connectivity index (χ1n) is 9.72. The minimum atomic E-state index is -4.12. The zero-order valence-electron chi connectivity index (χ0n) is 17.2. The molecule has 7 nitrogen and oxygen atoms in total. The Kier molecular flexibility index (Phi) is 7.21. The molecule has 0 aliphatic carbocycles. The van der Waals surface area contributed by atoms with Gasteiger partial charge in [-0.1, -0.05) is 54.6 Å². The van der Waals surface area contributed by atoms with E-state index >= 15 is 0 Å². The van der Waals surface area contributed by atoms with Gasteiger partial charge in [-0.05, 0) is 35.9 Å². The van der Waals surface area contributed by atoms with Gasteiger partial charge in [0.1, 0.15) is 11.9 Å². The number of urea groups is 1. The molecule has 0 bridgehead atoms. The van der Waals surface area contributed by atoms with Gasteiger partial charge in [-0.15, -0.1) is 0 Å². The van der Waals surface area contributed by atoms with Crippen LogP contribution in [0.15, 0.2) is 89.8 Å². The molecule has 9 heteroatoms. The molecule has 1 atom stereocenters. The fourth-order valence-electron chi connectivity index (χ4n) is 3.06. The molecule has 0 saturated carbocycles. The molecule has 2 N–H and O–H groups in total. The number of halogens is 1. The molecule has 0 aliphatic heterocycles. The minimum Gasteiger partial charge on any atom is -0.325 e. The van der Waals surface area contributed by atoms with E-state index in [9.17, 15) is 22.4 Å². The summed E-state index contributed by atoms with van der Waals surface area (Å²) in [6.45, 7) is 0. The number of likely N-dealkylation sites (N-methyl/N-ethyl adjacent to an activating group) is 1. The number of benzene rings is 3. The highest BCUT2D eigenvalue weighted by atomic mass is 32.2. The van der Waals surface area contributed by atoms with Gasteiger partial charge < -0.3 is 10.2 Å². The molecule has 0 aromatic heterocycles. The summed E-state index contributed by atoms with van der Waals surface area (Å²) in [6.07, 6.45) is 0.109. The highest BCUT2D eigenvalue weighted by molar-refractivity contribution is 7.90. The van der Waals surface area contributed by atoms with Gasteiger partial charge in [0.2, 0.25) is 5.91 Å². The first-order valence-corrected chi connectivity index (χ1v) is 11.2. The Bertz CT molecular complexity index is 1190. The van der Waals surface area contributed by atoms with Crippen LogP contribution in [0.5, 0.6) is 0 Å². The van der Waals surface area contributed by atoms with E-state index < -0.39 is 33.8 Å². The monoisotopic (exact) mass is 455 g/mol. The van der Waals surface area contributed by atoms with Crippen LogP contribution >= 0.6 is 0 Å². The van der Waals surface area contributed by atoms with Gasteiger partial charge in [0.25, 0.3) is 10.0 Å². The lowest BCUT2D eigenvalue weighted by molar-refractivity contribution is -0.120. The largest absolute Gasteiger partial charge is 0.329 e. The van der Waals surface area contributed by atoms with Gasteiger partial charge in [-0.2, -0.15) is 0 Å². The maximum Gasteiger partial charge on any atom is 0.329 e. The quantitative estimate of drug-likeness (QED) is 0.572. The molecule has 0 fully saturated rings. The van der Waals surface area contributed by atoms with E-state index in [4.69, 9.17) is 0 Å². The third-order valence-electron chi connectivity index (χ3n) is 4.69. The predicted octanol–water partition coefficient (Wildman–Crippen LogP) is 3.09. The molecule has 3 aromatic rings. The van der Waals surface area contributed by atoms with E-state index in [1.54, 1.807) is 36.4 Å². The van der Waals surface area contributed by atoms with Crippen molar-refractivity contribution in [1.82, 2.24) is 10.0 Å². The second-order valence-electron chi connectivity index (χ2n) is 7.01. The van der Waals surface area contributed by atoms with Crippen LogP contribution in [0.1, 0.15) is 5.56 Å². The summed E-state index contributed by atoms with van der Waals surface area (Å²) in [5.41, 5.74) is 1.05. The van der Waals surface area contributed by atoms with Crippen LogP contribution in [-0.4, -0.2) is 33.4 Å². The highest BCUT2D eigenvalue weighted by Crippen LogP contribution is 2.16. The van der Waals surface area contributed by atoms with Crippen molar-refractivity contribution < 1.29 is 22.4 Å². The van der Waals surface area contributed by atoms with Crippen molar-refractivity contribution in [1.29, 1.82) is 0 Å². The average molecular weight is 456 g/mol. The number of carbonyl (C=O) groups excluding carboxylic acids is 2. The zero-order valence-corrected chi connectivity index (χ0v) is 18.1. The molecule has 0 aliphatic rings. The first-order chi connectivity index (χ1) is 15.3. The van der Waals surface area contributed by atoms with Crippen molar-refractivity contribution in [2.45, 2.75) is 17.4 Å². The Labute approximate surface area is 185 Å². The smallest absolute Gasteiger partial charge is 0.325 e. The van der Waals surface area contributed by atoms with Gasteiger partial charge in [0.05, 0.1) is 4.90 Å². The molecule has 0 saturated heterocycles. The number of rotatable bonds is 7. The predicted molar refractivity (Wildman–Crippen MR) is 119 cm³/mol. The number of sulfonamides is 1. The standard InChI is InChI=1S/C23H22FN3O4S/c1-27(19-12-8-11-18(24)16-19)22(28)21(15-17-9-4-2-5-10-17)25-23(29)26-32(30,31)20-13-6-3-7-14-20/h2-14,16,21H,15H2,1H3,(H2,25,26,29)/t21-/m0/s1. The Morgan fingerprint density at radius 3 is 2.19 bits per heavy atom. The van der Waals surface area contributed by atoms with E-state index in [0.717, 1.165) is 5.56 Å². The molecule has 3 aromatic carbocycles. The average Bonchev–Trinajstić information content (AvgIpc) is 2.78. The molecule has 0 unspecified atom stereocenters. The first kappa shape index (κ1) is 23.0. The fraction of sp³-hybridized carbons (Fsp3) is 0.130. The maximum absolute atomic E-state index is 13.6. The van der Waals surface area contributed by atoms with Crippen molar-refractivity contribution in [2.75, 3.05) is 11.9 Å².